The molecular weight excluding hydrogens is 442 g/mol. The van der Waals surface area contributed by atoms with Crippen molar-refractivity contribution in [3.63, 3.8) is 0 Å². The van der Waals surface area contributed by atoms with Gasteiger partial charge in [0.25, 0.3) is 5.91 Å². The normalized spacial score (nSPS) is 25.5. The van der Waals surface area contributed by atoms with Gasteiger partial charge in [0.2, 0.25) is 15.9 Å². The zero-order valence-electron chi connectivity index (χ0n) is 18.6. The number of carbonyl (C=O) groups excluding carboxylic acids is 2. The van der Waals surface area contributed by atoms with Gasteiger partial charge in [0.05, 0.1) is 13.2 Å². The number of hydrogen-bond acceptors (Lipinski definition) is 5. The average molecular weight is 472 g/mol. The van der Waals surface area contributed by atoms with E-state index in [2.05, 4.69) is 0 Å². The first-order chi connectivity index (χ1) is 15.8. The number of hydrogen-bond donors (Lipinski definition) is 1. The van der Waals surface area contributed by atoms with Crippen molar-refractivity contribution in [2.24, 2.45) is 5.73 Å². The van der Waals surface area contributed by atoms with Crippen molar-refractivity contribution in [3.05, 3.63) is 71.3 Å². The van der Waals surface area contributed by atoms with Crippen molar-refractivity contribution in [1.82, 2.24) is 9.21 Å². The van der Waals surface area contributed by atoms with Crippen LogP contribution < -0.4 is 5.73 Å². The molecule has 0 bridgehead atoms. The highest BCUT2D eigenvalue weighted by Gasteiger charge is 2.40. The highest BCUT2D eigenvalue weighted by molar-refractivity contribution is 7.89. The number of ether oxygens (including phenoxy) is 1. The molecule has 0 aromatic heterocycles. The summed E-state index contributed by atoms with van der Waals surface area (Å²) in [5.74, 6) is -0.798. The summed E-state index contributed by atoms with van der Waals surface area (Å²) in [6.07, 6.45) is 0.585. The third-order valence-corrected chi connectivity index (χ3v) is 8.78. The molecule has 2 N–H and O–H groups in total. The van der Waals surface area contributed by atoms with Crippen molar-refractivity contribution in [3.8, 4) is 0 Å². The molecule has 176 valence electrons. The molecule has 0 aliphatic carbocycles. The molecule has 2 unspecified atom stereocenters. The average Bonchev–Trinajstić information content (AvgIpc) is 2.82. The van der Waals surface area contributed by atoms with Gasteiger partial charge >= 0.3 is 0 Å². The lowest BCUT2D eigenvalue weighted by Gasteiger charge is -2.37. The summed E-state index contributed by atoms with van der Waals surface area (Å²) in [4.78, 5) is 25.8. The minimum Gasteiger partial charge on any atom is -0.367 e. The second-order valence-electron chi connectivity index (χ2n) is 8.63. The molecule has 3 atom stereocenters. The Labute approximate surface area is 194 Å². The number of nitrogens with zero attached hydrogens (tertiary/aromatic N) is 2. The van der Waals surface area contributed by atoms with Crippen molar-refractivity contribution in [1.29, 1.82) is 0 Å². The van der Waals surface area contributed by atoms with E-state index in [4.69, 9.17) is 10.5 Å². The van der Waals surface area contributed by atoms with Gasteiger partial charge in [0, 0.05) is 24.7 Å². The Kier molecular flexibility index (Phi) is 6.83. The van der Waals surface area contributed by atoms with Crippen LogP contribution in [0, 0.1) is 0 Å². The number of carbonyl (C=O) groups is 2. The number of primary amides is 1. The van der Waals surface area contributed by atoms with Crippen molar-refractivity contribution in [2.75, 3.05) is 19.7 Å². The number of nitrogens with two attached hydrogens (primary N) is 1. The maximum atomic E-state index is 13.4. The highest BCUT2D eigenvalue weighted by Crippen LogP contribution is 2.38. The second-order valence-corrected chi connectivity index (χ2v) is 10.7. The number of sulfonamides is 1. The lowest BCUT2D eigenvalue weighted by molar-refractivity contribution is -0.133. The van der Waals surface area contributed by atoms with Crippen LogP contribution in [0.15, 0.2) is 54.6 Å². The Balaban J connectivity index is 1.48. The molecule has 2 aromatic rings. The highest BCUT2D eigenvalue weighted by atomic mass is 32.2. The SMILES string of the molecule is C[C@H]1CCC(c2ccccc2)S(=O)(=O)N1Cc1ccc(C(=O)N2CCOC(C(N)=O)C2)cc1. The first-order valence-corrected chi connectivity index (χ1v) is 12.6. The van der Waals surface area contributed by atoms with E-state index in [-0.39, 0.29) is 31.6 Å². The summed E-state index contributed by atoms with van der Waals surface area (Å²) in [7, 11) is -3.52. The van der Waals surface area contributed by atoms with E-state index < -0.39 is 27.3 Å². The Morgan fingerprint density at radius 2 is 1.76 bits per heavy atom. The summed E-state index contributed by atoms with van der Waals surface area (Å²) >= 11 is 0. The summed E-state index contributed by atoms with van der Waals surface area (Å²) in [6.45, 7) is 2.95. The smallest absolute Gasteiger partial charge is 0.254 e. The van der Waals surface area contributed by atoms with Gasteiger partial charge in [-0.05, 0) is 43.0 Å². The van der Waals surface area contributed by atoms with Crippen molar-refractivity contribution < 1.29 is 22.7 Å². The maximum Gasteiger partial charge on any atom is 0.254 e. The van der Waals surface area contributed by atoms with Gasteiger partial charge in [-0.1, -0.05) is 42.5 Å². The molecule has 0 radical (unpaired) electrons. The van der Waals surface area contributed by atoms with Gasteiger partial charge in [-0.2, -0.15) is 4.31 Å². The third kappa shape index (κ3) is 4.95. The van der Waals surface area contributed by atoms with Gasteiger partial charge in [-0.25, -0.2) is 8.42 Å². The number of amides is 2. The second kappa shape index (κ2) is 9.62. The van der Waals surface area contributed by atoms with Crippen LogP contribution in [0.3, 0.4) is 0 Å². The van der Waals surface area contributed by atoms with E-state index >= 15 is 0 Å². The number of rotatable bonds is 5. The van der Waals surface area contributed by atoms with E-state index in [9.17, 15) is 18.0 Å². The fraction of sp³-hybridized carbons (Fsp3) is 0.417. The molecule has 2 fully saturated rings. The largest absolute Gasteiger partial charge is 0.367 e. The lowest BCUT2D eigenvalue weighted by atomic mass is 10.0. The lowest BCUT2D eigenvalue weighted by Crippen LogP contribution is -2.50. The predicted octanol–water partition coefficient (Wildman–Crippen LogP) is 2.07. The molecule has 33 heavy (non-hydrogen) atoms. The molecule has 8 nitrogen and oxygen atoms in total. The first-order valence-electron chi connectivity index (χ1n) is 11.1. The molecule has 2 saturated heterocycles. The van der Waals surface area contributed by atoms with Gasteiger partial charge < -0.3 is 15.4 Å². The monoisotopic (exact) mass is 471 g/mol. The third-order valence-electron chi connectivity index (χ3n) is 6.41. The molecule has 9 heteroatoms. The van der Waals surface area contributed by atoms with Crippen LogP contribution in [-0.2, 0) is 26.1 Å². The van der Waals surface area contributed by atoms with Crippen molar-refractivity contribution >= 4 is 21.8 Å². The summed E-state index contributed by atoms with van der Waals surface area (Å²) in [6, 6.07) is 16.2. The molecule has 2 heterocycles. The molecule has 2 aromatic carbocycles. The van der Waals surface area contributed by atoms with Crippen LogP contribution in [0.1, 0.15) is 46.5 Å². The fourth-order valence-electron chi connectivity index (χ4n) is 4.47. The molecule has 2 aliphatic heterocycles. The van der Waals surface area contributed by atoms with E-state index in [1.165, 1.54) is 0 Å². The predicted molar refractivity (Wildman–Crippen MR) is 124 cm³/mol. The molecular formula is C24H29N3O5S. The molecule has 0 spiro atoms. The van der Waals surface area contributed by atoms with Crippen LogP contribution in [0.25, 0.3) is 0 Å². The first kappa shape index (κ1) is 23.4. The van der Waals surface area contributed by atoms with E-state index in [1.807, 2.05) is 37.3 Å². The summed E-state index contributed by atoms with van der Waals surface area (Å²) in [5.41, 5.74) is 7.40. The van der Waals surface area contributed by atoms with Gasteiger partial charge in [0.1, 0.15) is 5.25 Å². The Bertz CT molecular complexity index is 1100. The summed E-state index contributed by atoms with van der Waals surface area (Å²) < 4.78 is 33.7. The topological polar surface area (TPSA) is 110 Å². The molecule has 0 saturated carbocycles. The van der Waals surface area contributed by atoms with Crippen LogP contribution in [0.2, 0.25) is 0 Å². The zero-order chi connectivity index (χ0) is 23.6. The number of morpholine rings is 1. The van der Waals surface area contributed by atoms with Crippen LogP contribution in [0.4, 0.5) is 0 Å². The van der Waals surface area contributed by atoms with Gasteiger partial charge in [0.15, 0.2) is 6.10 Å². The maximum absolute atomic E-state index is 13.4. The minimum absolute atomic E-state index is 0.102. The zero-order valence-corrected chi connectivity index (χ0v) is 19.4. The Morgan fingerprint density at radius 3 is 2.42 bits per heavy atom. The molecule has 4 rings (SSSR count). The minimum atomic E-state index is -3.52. The van der Waals surface area contributed by atoms with Gasteiger partial charge in [-0.15, -0.1) is 0 Å². The standard InChI is InChI=1S/C24H29N3O5S/c1-17-7-12-22(19-5-3-2-4-6-19)33(30,31)27(17)15-18-8-10-20(11-9-18)24(29)26-13-14-32-21(16-26)23(25)28/h2-6,8-11,17,21-22H,7,12-16H2,1H3,(H2,25,28)/t17-,21?,22?/m0/s1. The quantitative estimate of drug-likeness (QED) is 0.718. The molecule has 2 amide bonds. The van der Waals surface area contributed by atoms with Crippen LogP contribution in [0.5, 0.6) is 0 Å². The van der Waals surface area contributed by atoms with E-state index in [1.54, 1.807) is 33.5 Å². The van der Waals surface area contributed by atoms with Gasteiger partial charge in [-0.3, -0.25) is 9.59 Å². The van der Waals surface area contributed by atoms with Crippen LogP contribution >= 0.6 is 0 Å². The van der Waals surface area contributed by atoms with E-state index in [0.717, 1.165) is 17.5 Å². The van der Waals surface area contributed by atoms with E-state index in [0.29, 0.717) is 18.5 Å². The number of benzene rings is 2. The Hall–Kier alpha value is -2.75. The van der Waals surface area contributed by atoms with Crippen molar-refractivity contribution in [2.45, 2.75) is 43.7 Å². The summed E-state index contributed by atoms with van der Waals surface area (Å²) in [5, 5.41) is -0.546. The fourth-order valence-corrected chi connectivity index (χ4v) is 6.67. The van der Waals surface area contributed by atoms with Crippen LogP contribution in [-0.4, -0.2) is 61.3 Å². The Morgan fingerprint density at radius 1 is 1.06 bits per heavy atom. The molecule has 2 aliphatic rings.